The van der Waals surface area contributed by atoms with E-state index in [1.807, 2.05) is 43.3 Å². The Morgan fingerprint density at radius 1 is 0.947 bits per heavy atom. The van der Waals surface area contributed by atoms with Crippen molar-refractivity contribution in [3.63, 3.8) is 0 Å². The second kappa shape index (κ2) is 6.00. The second-order valence-corrected chi connectivity index (χ2v) is 5.11. The first-order chi connectivity index (χ1) is 9.11. The summed E-state index contributed by atoms with van der Waals surface area (Å²) < 4.78 is 0. The second-order valence-electron chi connectivity index (χ2n) is 5.11. The summed E-state index contributed by atoms with van der Waals surface area (Å²) >= 11 is 0. The lowest BCUT2D eigenvalue weighted by Gasteiger charge is -2.22. The molecule has 0 aliphatic heterocycles. The number of rotatable bonds is 4. The van der Waals surface area contributed by atoms with E-state index in [4.69, 9.17) is 5.73 Å². The summed E-state index contributed by atoms with van der Waals surface area (Å²) in [6, 6.07) is 16.2. The van der Waals surface area contributed by atoms with Crippen LogP contribution in [-0.4, -0.2) is 11.7 Å². The molecule has 2 heteroatoms. The van der Waals surface area contributed by atoms with E-state index in [1.54, 1.807) is 0 Å². The molecule has 0 bridgehead atoms. The minimum absolute atomic E-state index is 0.0672. The van der Waals surface area contributed by atoms with Gasteiger partial charge in [-0.2, -0.15) is 0 Å². The molecule has 2 aromatic carbocycles. The highest BCUT2D eigenvalue weighted by molar-refractivity contribution is 5.31. The number of benzene rings is 2. The highest BCUT2D eigenvalue weighted by Crippen LogP contribution is 2.30. The van der Waals surface area contributed by atoms with Crippen LogP contribution in [0.1, 0.15) is 34.3 Å². The third-order valence-corrected chi connectivity index (χ3v) is 3.52. The van der Waals surface area contributed by atoms with Crippen molar-refractivity contribution in [1.29, 1.82) is 0 Å². The number of aryl methyl sites for hydroxylation is 2. The van der Waals surface area contributed by atoms with Crippen molar-refractivity contribution in [3.05, 3.63) is 70.8 Å². The highest BCUT2D eigenvalue weighted by Gasteiger charge is 2.21. The smallest absolute Gasteiger partial charge is 0.0870 e. The zero-order valence-corrected chi connectivity index (χ0v) is 11.5. The number of hydrogen-bond acceptors (Lipinski definition) is 2. The maximum Gasteiger partial charge on any atom is 0.0870 e. The van der Waals surface area contributed by atoms with Crippen molar-refractivity contribution < 1.29 is 5.11 Å². The van der Waals surface area contributed by atoms with Crippen LogP contribution in [0.3, 0.4) is 0 Å². The van der Waals surface area contributed by atoms with E-state index in [0.717, 1.165) is 16.7 Å². The van der Waals surface area contributed by atoms with E-state index in [9.17, 15) is 5.11 Å². The Morgan fingerprint density at radius 2 is 1.63 bits per heavy atom. The van der Waals surface area contributed by atoms with Crippen LogP contribution in [0.5, 0.6) is 0 Å². The van der Waals surface area contributed by atoms with Crippen LogP contribution in [0.4, 0.5) is 0 Å². The number of hydrogen-bond donors (Lipinski definition) is 2. The maximum atomic E-state index is 10.5. The molecule has 0 saturated heterocycles. The first-order valence-corrected chi connectivity index (χ1v) is 6.63. The number of nitrogens with two attached hydrogens (primary N) is 1. The van der Waals surface area contributed by atoms with Gasteiger partial charge in [0.1, 0.15) is 0 Å². The van der Waals surface area contributed by atoms with Crippen LogP contribution in [-0.2, 0) is 0 Å². The van der Waals surface area contributed by atoms with Gasteiger partial charge in [0.05, 0.1) is 6.10 Å². The molecule has 0 aliphatic rings. The maximum absolute atomic E-state index is 10.5. The third-order valence-electron chi connectivity index (χ3n) is 3.52. The quantitative estimate of drug-likeness (QED) is 0.882. The Bertz CT molecular complexity index is 533. The minimum atomic E-state index is -0.562. The average molecular weight is 255 g/mol. The fourth-order valence-electron chi connectivity index (χ4n) is 2.35. The molecule has 0 fully saturated rings. The lowest BCUT2D eigenvalue weighted by Crippen LogP contribution is -2.20. The van der Waals surface area contributed by atoms with E-state index in [0.29, 0.717) is 6.54 Å². The van der Waals surface area contributed by atoms with Gasteiger partial charge in [0, 0.05) is 12.5 Å². The van der Waals surface area contributed by atoms with Gasteiger partial charge in [-0.25, -0.2) is 0 Å². The molecule has 2 aromatic rings. The fourth-order valence-corrected chi connectivity index (χ4v) is 2.35. The molecular weight excluding hydrogens is 234 g/mol. The van der Waals surface area contributed by atoms with Crippen molar-refractivity contribution in [2.75, 3.05) is 6.54 Å². The molecular formula is C17H21NO. The summed E-state index contributed by atoms with van der Waals surface area (Å²) in [7, 11) is 0. The van der Waals surface area contributed by atoms with Crippen LogP contribution < -0.4 is 5.73 Å². The van der Waals surface area contributed by atoms with Gasteiger partial charge in [-0.15, -0.1) is 0 Å². The Morgan fingerprint density at radius 3 is 2.21 bits per heavy atom. The van der Waals surface area contributed by atoms with Gasteiger partial charge in [-0.05, 0) is 25.0 Å². The first-order valence-electron chi connectivity index (χ1n) is 6.63. The molecule has 0 aromatic heterocycles. The molecule has 0 amide bonds. The van der Waals surface area contributed by atoms with Crippen LogP contribution in [0.25, 0.3) is 0 Å². The lowest BCUT2D eigenvalue weighted by atomic mass is 9.88. The van der Waals surface area contributed by atoms with Gasteiger partial charge in [0.2, 0.25) is 0 Å². The molecule has 2 rings (SSSR count). The number of aliphatic hydroxyl groups excluding tert-OH is 1. The van der Waals surface area contributed by atoms with Crippen molar-refractivity contribution >= 4 is 0 Å². The summed E-state index contributed by atoms with van der Waals surface area (Å²) in [6.45, 7) is 4.51. The molecule has 19 heavy (non-hydrogen) atoms. The van der Waals surface area contributed by atoms with Crippen molar-refractivity contribution in [1.82, 2.24) is 0 Å². The Labute approximate surface area is 114 Å². The zero-order chi connectivity index (χ0) is 13.8. The van der Waals surface area contributed by atoms with E-state index < -0.39 is 6.10 Å². The summed E-state index contributed by atoms with van der Waals surface area (Å²) in [6.07, 6.45) is -0.562. The van der Waals surface area contributed by atoms with Crippen LogP contribution in [0.15, 0.2) is 48.5 Å². The highest BCUT2D eigenvalue weighted by atomic mass is 16.3. The average Bonchev–Trinajstić information content (AvgIpc) is 2.41. The fraction of sp³-hybridized carbons (Fsp3) is 0.294. The SMILES string of the molecule is Cc1ccc(C(CN)C(O)c2cccc(C)c2)cc1. The van der Waals surface area contributed by atoms with Gasteiger partial charge in [0.15, 0.2) is 0 Å². The van der Waals surface area contributed by atoms with Gasteiger partial charge >= 0.3 is 0 Å². The van der Waals surface area contributed by atoms with E-state index >= 15 is 0 Å². The molecule has 2 atom stereocenters. The largest absolute Gasteiger partial charge is 0.388 e. The zero-order valence-electron chi connectivity index (χ0n) is 11.5. The predicted octanol–water partition coefficient (Wildman–Crippen LogP) is 3.08. The molecule has 0 spiro atoms. The van der Waals surface area contributed by atoms with Crippen molar-refractivity contribution in [2.45, 2.75) is 25.9 Å². The molecule has 2 nitrogen and oxygen atoms in total. The monoisotopic (exact) mass is 255 g/mol. The van der Waals surface area contributed by atoms with E-state index in [2.05, 4.69) is 19.1 Å². The summed E-state index contributed by atoms with van der Waals surface area (Å²) in [4.78, 5) is 0. The van der Waals surface area contributed by atoms with E-state index in [-0.39, 0.29) is 5.92 Å². The Kier molecular flexibility index (Phi) is 4.35. The van der Waals surface area contributed by atoms with Crippen LogP contribution in [0.2, 0.25) is 0 Å². The normalized spacial score (nSPS) is 14.1. The standard InChI is InChI=1S/C17H21NO/c1-12-6-8-14(9-7-12)16(11-18)17(19)15-5-3-4-13(2)10-15/h3-10,16-17,19H,11,18H2,1-2H3. The van der Waals surface area contributed by atoms with Gasteiger partial charge in [0.25, 0.3) is 0 Å². The molecule has 0 saturated carbocycles. The molecule has 100 valence electrons. The van der Waals surface area contributed by atoms with E-state index in [1.165, 1.54) is 5.56 Å². The Hall–Kier alpha value is -1.64. The topological polar surface area (TPSA) is 46.2 Å². The lowest BCUT2D eigenvalue weighted by molar-refractivity contribution is 0.147. The van der Waals surface area contributed by atoms with Gasteiger partial charge < -0.3 is 10.8 Å². The first kappa shape index (κ1) is 13.8. The molecule has 0 heterocycles. The minimum Gasteiger partial charge on any atom is -0.388 e. The van der Waals surface area contributed by atoms with Crippen molar-refractivity contribution in [3.8, 4) is 0 Å². The summed E-state index contributed by atoms with van der Waals surface area (Å²) in [5.41, 5.74) is 10.2. The van der Waals surface area contributed by atoms with Crippen molar-refractivity contribution in [2.24, 2.45) is 5.73 Å². The Balaban J connectivity index is 2.28. The molecule has 0 aliphatic carbocycles. The summed E-state index contributed by atoms with van der Waals surface area (Å²) in [5, 5.41) is 10.5. The third kappa shape index (κ3) is 3.22. The summed E-state index contributed by atoms with van der Waals surface area (Å²) in [5.74, 6) is -0.0672. The number of aliphatic hydroxyl groups is 1. The molecule has 2 unspecified atom stereocenters. The van der Waals surface area contributed by atoms with Gasteiger partial charge in [-0.1, -0.05) is 59.7 Å². The van der Waals surface area contributed by atoms with Crippen LogP contribution >= 0.6 is 0 Å². The molecule has 3 N–H and O–H groups in total. The van der Waals surface area contributed by atoms with Gasteiger partial charge in [-0.3, -0.25) is 0 Å². The predicted molar refractivity (Wildman–Crippen MR) is 79.1 cm³/mol. The molecule has 0 radical (unpaired) electrons. The van der Waals surface area contributed by atoms with Crippen LogP contribution in [0, 0.1) is 13.8 Å².